The van der Waals surface area contributed by atoms with Crippen LogP contribution in [0.5, 0.6) is 0 Å². The molecular formula is C12H14N2O4S. The van der Waals surface area contributed by atoms with E-state index in [1.54, 1.807) is 11.8 Å². The van der Waals surface area contributed by atoms with Gasteiger partial charge in [-0.15, -0.1) is 0 Å². The summed E-state index contributed by atoms with van der Waals surface area (Å²) >= 11 is 1.64. The Morgan fingerprint density at radius 1 is 1.47 bits per heavy atom. The number of carbonyl (C=O) groups is 2. The van der Waals surface area contributed by atoms with Crippen molar-refractivity contribution >= 4 is 23.6 Å². The molecule has 1 atom stereocenters. The van der Waals surface area contributed by atoms with Crippen LogP contribution in [0.15, 0.2) is 23.0 Å². The van der Waals surface area contributed by atoms with E-state index in [0.29, 0.717) is 12.3 Å². The first-order chi connectivity index (χ1) is 9.08. The molecule has 1 saturated heterocycles. The van der Waals surface area contributed by atoms with Gasteiger partial charge in [0.1, 0.15) is 5.69 Å². The van der Waals surface area contributed by atoms with Gasteiger partial charge in [0.05, 0.1) is 12.5 Å². The van der Waals surface area contributed by atoms with Crippen molar-refractivity contribution in [1.29, 1.82) is 0 Å². The molecule has 0 spiro atoms. The van der Waals surface area contributed by atoms with Crippen molar-refractivity contribution in [3.05, 3.63) is 34.2 Å². The predicted molar refractivity (Wildman–Crippen MR) is 71.5 cm³/mol. The first-order valence-electron chi connectivity index (χ1n) is 5.88. The zero-order chi connectivity index (χ0) is 13.8. The molecule has 0 saturated carbocycles. The number of amides is 1. The maximum atomic E-state index is 12.3. The molecule has 0 aliphatic carbocycles. The Hall–Kier alpha value is -1.76. The summed E-state index contributed by atoms with van der Waals surface area (Å²) < 4.78 is 0. The first kappa shape index (κ1) is 13.7. The summed E-state index contributed by atoms with van der Waals surface area (Å²) in [5.74, 6) is 0.143. The first-order valence-corrected chi connectivity index (χ1v) is 7.03. The largest absolute Gasteiger partial charge is 0.481 e. The Labute approximate surface area is 113 Å². The van der Waals surface area contributed by atoms with Gasteiger partial charge < -0.3 is 15.0 Å². The van der Waals surface area contributed by atoms with Crippen LogP contribution in [0.2, 0.25) is 0 Å². The van der Waals surface area contributed by atoms with E-state index < -0.39 is 5.97 Å². The second-order valence-electron chi connectivity index (χ2n) is 4.25. The number of hydrogen-bond acceptors (Lipinski definition) is 4. The van der Waals surface area contributed by atoms with E-state index in [1.807, 2.05) is 0 Å². The van der Waals surface area contributed by atoms with Gasteiger partial charge in [-0.25, -0.2) is 0 Å². The molecule has 2 N–H and O–H groups in total. The van der Waals surface area contributed by atoms with Gasteiger partial charge in [0, 0.05) is 24.1 Å². The molecule has 1 aromatic rings. The molecule has 102 valence electrons. The molecule has 2 heterocycles. The molecule has 0 radical (unpaired) electrons. The second-order valence-corrected chi connectivity index (χ2v) is 5.40. The maximum Gasteiger partial charge on any atom is 0.305 e. The van der Waals surface area contributed by atoms with Crippen molar-refractivity contribution in [3.63, 3.8) is 0 Å². The standard InChI is InChI=1S/C12H14N2O4S/c15-10-3-1-2-9(13-10)12(18)14-4-5-19-7-8(14)6-11(16)17/h1-3,8H,4-7H2,(H,13,15)(H,16,17). The van der Waals surface area contributed by atoms with E-state index in [4.69, 9.17) is 5.11 Å². The molecule has 0 aromatic carbocycles. The number of H-pyrrole nitrogens is 1. The van der Waals surface area contributed by atoms with E-state index >= 15 is 0 Å². The Morgan fingerprint density at radius 3 is 2.95 bits per heavy atom. The number of carboxylic acids is 1. The number of hydrogen-bond donors (Lipinski definition) is 2. The van der Waals surface area contributed by atoms with Crippen molar-refractivity contribution in [1.82, 2.24) is 9.88 Å². The number of thioether (sulfide) groups is 1. The normalized spacial score (nSPS) is 19.2. The summed E-state index contributed by atoms with van der Waals surface area (Å²) in [5, 5.41) is 8.87. The fourth-order valence-corrected chi connectivity index (χ4v) is 3.08. The van der Waals surface area contributed by atoms with Gasteiger partial charge in [0.2, 0.25) is 5.56 Å². The van der Waals surface area contributed by atoms with Crippen molar-refractivity contribution < 1.29 is 14.7 Å². The Balaban J connectivity index is 2.19. The number of pyridine rings is 1. The topological polar surface area (TPSA) is 90.5 Å². The molecule has 0 bridgehead atoms. The van der Waals surface area contributed by atoms with Crippen LogP contribution < -0.4 is 5.56 Å². The molecule has 2 rings (SSSR count). The zero-order valence-corrected chi connectivity index (χ0v) is 11.0. The molecule has 1 fully saturated rings. The lowest BCUT2D eigenvalue weighted by Gasteiger charge is -2.34. The number of rotatable bonds is 3. The highest BCUT2D eigenvalue weighted by Gasteiger charge is 2.29. The summed E-state index contributed by atoms with van der Waals surface area (Å²) in [7, 11) is 0. The van der Waals surface area contributed by atoms with Gasteiger partial charge in [0.25, 0.3) is 5.91 Å². The minimum absolute atomic E-state index is 0.0736. The Morgan fingerprint density at radius 2 is 2.26 bits per heavy atom. The highest BCUT2D eigenvalue weighted by atomic mass is 32.2. The third kappa shape index (κ3) is 3.37. The molecule has 1 aliphatic rings. The zero-order valence-electron chi connectivity index (χ0n) is 10.2. The van der Waals surface area contributed by atoms with E-state index in [1.165, 1.54) is 23.1 Å². The summed E-state index contributed by atoms with van der Waals surface area (Å²) in [5.41, 5.74) is -0.137. The molecule has 19 heavy (non-hydrogen) atoms. The van der Waals surface area contributed by atoms with E-state index in [-0.39, 0.29) is 29.6 Å². The molecule has 1 unspecified atom stereocenters. The van der Waals surface area contributed by atoms with Crippen LogP contribution in [0, 0.1) is 0 Å². The lowest BCUT2D eigenvalue weighted by atomic mass is 10.1. The number of aliphatic carboxylic acids is 1. The van der Waals surface area contributed by atoms with Crippen LogP contribution in [-0.2, 0) is 4.79 Å². The van der Waals surface area contributed by atoms with Gasteiger partial charge >= 0.3 is 5.97 Å². The van der Waals surface area contributed by atoms with Crippen LogP contribution in [0.3, 0.4) is 0 Å². The number of carbonyl (C=O) groups excluding carboxylic acids is 1. The Bertz CT molecular complexity index is 543. The van der Waals surface area contributed by atoms with E-state index in [9.17, 15) is 14.4 Å². The van der Waals surface area contributed by atoms with Crippen LogP contribution in [0.25, 0.3) is 0 Å². The fraction of sp³-hybridized carbons (Fsp3) is 0.417. The monoisotopic (exact) mass is 282 g/mol. The number of aromatic amines is 1. The highest BCUT2D eigenvalue weighted by Crippen LogP contribution is 2.20. The quantitative estimate of drug-likeness (QED) is 0.838. The molecular weight excluding hydrogens is 268 g/mol. The van der Waals surface area contributed by atoms with Crippen molar-refractivity contribution in [2.45, 2.75) is 12.5 Å². The lowest BCUT2D eigenvalue weighted by Crippen LogP contribution is -2.47. The smallest absolute Gasteiger partial charge is 0.305 e. The van der Waals surface area contributed by atoms with Crippen LogP contribution in [-0.4, -0.2) is 51.0 Å². The average Bonchev–Trinajstić information content (AvgIpc) is 2.38. The third-order valence-corrected chi connectivity index (χ3v) is 3.99. The molecule has 1 amide bonds. The average molecular weight is 282 g/mol. The molecule has 1 aromatic heterocycles. The minimum atomic E-state index is -0.924. The summed E-state index contributed by atoms with van der Waals surface area (Å²) in [6, 6.07) is 4.05. The summed E-state index contributed by atoms with van der Waals surface area (Å²) in [6.07, 6.45) is -0.0736. The lowest BCUT2D eigenvalue weighted by molar-refractivity contribution is -0.138. The molecule has 6 nitrogen and oxygen atoms in total. The van der Waals surface area contributed by atoms with Crippen LogP contribution >= 0.6 is 11.8 Å². The number of carboxylic acid groups (broad SMARTS) is 1. The fourth-order valence-electron chi connectivity index (χ4n) is 2.02. The highest BCUT2D eigenvalue weighted by molar-refractivity contribution is 7.99. The third-order valence-electron chi connectivity index (χ3n) is 2.90. The maximum absolute atomic E-state index is 12.3. The van der Waals surface area contributed by atoms with Crippen molar-refractivity contribution in [2.75, 3.05) is 18.1 Å². The van der Waals surface area contributed by atoms with Gasteiger partial charge in [-0.2, -0.15) is 11.8 Å². The predicted octanol–water partition coefficient (Wildman–Crippen LogP) is 0.407. The summed E-state index contributed by atoms with van der Waals surface area (Å²) in [6.45, 7) is 0.498. The Kier molecular flexibility index (Phi) is 4.26. The van der Waals surface area contributed by atoms with Crippen molar-refractivity contribution in [3.8, 4) is 0 Å². The van der Waals surface area contributed by atoms with Crippen LogP contribution in [0.4, 0.5) is 0 Å². The number of nitrogens with one attached hydrogen (secondary N) is 1. The van der Waals surface area contributed by atoms with Gasteiger partial charge in [-0.05, 0) is 6.07 Å². The second kappa shape index (κ2) is 5.92. The van der Waals surface area contributed by atoms with Gasteiger partial charge in [-0.3, -0.25) is 14.4 Å². The van der Waals surface area contributed by atoms with Gasteiger partial charge in [0.15, 0.2) is 0 Å². The number of nitrogens with zero attached hydrogens (tertiary/aromatic N) is 1. The minimum Gasteiger partial charge on any atom is -0.481 e. The molecule has 7 heteroatoms. The van der Waals surface area contributed by atoms with Crippen molar-refractivity contribution in [2.24, 2.45) is 0 Å². The molecule has 1 aliphatic heterocycles. The van der Waals surface area contributed by atoms with Crippen LogP contribution in [0.1, 0.15) is 16.9 Å². The van der Waals surface area contributed by atoms with E-state index in [2.05, 4.69) is 4.98 Å². The SMILES string of the molecule is O=C(O)CC1CSCCN1C(=O)c1cccc(=O)[nH]1. The number of aromatic nitrogens is 1. The van der Waals surface area contributed by atoms with Gasteiger partial charge in [-0.1, -0.05) is 6.07 Å². The summed E-state index contributed by atoms with van der Waals surface area (Å²) in [4.78, 5) is 38.3. The van der Waals surface area contributed by atoms with E-state index in [0.717, 1.165) is 5.75 Å².